The number of aromatic nitrogens is 2. The molecule has 40 heavy (non-hydrogen) atoms. The van der Waals surface area contributed by atoms with Crippen LogP contribution in [0.5, 0.6) is 17.2 Å². The maximum Gasteiger partial charge on any atom is 0.410 e. The van der Waals surface area contributed by atoms with Crippen molar-refractivity contribution in [3.8, 4) is 17.2 Å². The van der Waals surface area contributed by atoms with Crippen molar-refractivity contribution in [3.05, 3.63) is 46.5 Å². The number of hydrogen-bond donors (Lipinski definition) is 3. The summed E-state index contributed by atoms with van der Waals surface area (Å²) in [4.78, 5) is 22.6. The van der Waals surface area contributed by atoms with Gasteiger partial charge in [0.1, 0.15) is 23.7 Å². The highest BCUT2D eigenvalue weighted by atomic mass is 35.5. The average molecular weight is 575 g/mol. The van der Waals surface area contributed by atoms with Crippen molar-refractivity contribution in [2.75, 3.05) is 32.6 Å². The fourth-order valence-electron chi connectivity index (χ4n) is 4.18. The molecule has 12 heteroatoms. The summed E-state index contributed by atoms with van der Waals surface area (Å²) in [6, 6.07) is 1.94. The van der Waals surface area contributed by atoms with Gasteiger partial charge in [0.15, 0.2) is 5.75 Å². The molecule has 3 N–H and O–H groups in total. The second-order valence-corrected chi connectivity index (χ2v) is 10.6. The summed E-state index contributed by atoms with van der Waals surface area (Å²) in [5, 5.41) is 14.6. The van der Waals surface area contributed by atoms with Gasteiger partial charge in [-0.05, 0) is 40.0 Å². The van der Waals surface area contributed by atoms with Crippen LogP contribution in [0.25, 0.3) is 0 Å². The van der Waals surface area contributed by atoms with Crippen molar-refractivity contribution in [1.82, 2.24) is 20.2 Å². The minimum absolute atomic E-state index is 0.169. The van der Waals surface area contributed by atoms with Crippen LogP contribution < -0.4 is 24.8 Å². The van der Waals surface area contributed by atoms with Gasteiger partial charge in [-0.1, -0.05) is 18.5 Å². The molecule has 0 atom stereocenters. The van der Waals surface area contributed by atoms with Crippen molar-refractivity contribution in [3.63, 3.8) is 0 Å². The number of benzene rings is 1. The van der Waals surface area contributed by atoms with Gasteiger partial charge in [-0.25, -0.2) is 14.8 Å². The van der Waals surface area contributed by atoms with E-state index in [-0.39, 0.29) is 18.7 Å². The topological polar surface area (TPSA) is 131 Å². The van der Waals surface area contributed by atoms with Gasteiger partial charge in [-0.3, -0.25) is 0 Å². The number of ether oxygens (including phenoxy) is 4. The number of hydrogen-bond acceptors (Lipinski definition) is 10. The molecular weight excluding hydrogens is 536 g/mol. The molecule has 0 radical (unpaired) electrons. The third-order valence-electron chi connectivity index (χ3n) is 6.24. The highest BCUT2D eigenvalue weighted by molar-refractivity contribution is 6.33. The lowest BCUT2D eigenvalue weighted by Crippen LogP contribution is -2.45. The molecule has 1 amide bonds. The number of likely N-dealkylation sites (tertiary alicyclic amines) is 1. The predicted molar refractivity (Wildman–Crippen MR) is 155 cm³/mol. The molecule has 0 unspecified atom stereocenters. The van der Waals surface area contributed by atoms with Crippen LogP contribution in [-0.2, 0) is 17.8 Å². The molecule has 1 saturated heterocycles. The monoisotopic (exact) mass is 574 g/mol. The zero-order valence-electron chi connectivity index (χ0n) is 24.0. The third-order valence-corrected chi connectivity index (χ3v) is 6.66. The fourth-order valence-corrected chi connectivity index (χ4v) is 4.49. The lowest BCUT2D eigenvalue weighted by molar-refractivity contribution is 0.0201. The Morgan fingerprint density at radius 3 is 2.35 bits per heavy atom. The quantitative estimate of drug-likeness (QED) is 0.311. The van der Waals surface area contributed by atoms with Crippen LogP contribution in [0.4, 0.5) is 10.7 Å². The predicted octanol–water partition coefficient (Wildman–Crippen LogP) is 5.18. The third kappa shape index (κ3) is 8.38. The number of piperidine rings is 1. The lowest BCUT2D eigenvalue weighted by atomic mass is 10.0. The second-order valence-electron chi connectivity index (χ2n) is 10.2. The first-order valence-electron chi connectivity index (χ1n) is 13.2. The van der Waals surface area contributed by atoms with E-state index in [1.807, 2.05) is 27.7 Å². The molecule has 11 nitrogen and oxygen atoms in total. The summed E-state index contributed by atoms with van der Waals surface area (Å²) >= 11 is 6.56. The molecule has 1 aromatic heterocycles. The molecule has 0 spiro atoms. The molecule has 0 aliphatic carbocycles. The number of methoxy groups -OCH3 is 2. The van der Waals surface area contributed by atoms with Crippen molar-refractivity contribution in [2.24, 2.45) is 0 Å². The Kier molecular flexibility index (Phi) is 10.8. The molecular formula is C28H39ClN6O5. The van der Waals surface area contributed by atoms with Gasteiger partial charge in [-0.2, -0.15) is 0 Å². The van der Waals surface area contributed by atoms with Gasteiger partial charge < -0.3 is 39.9 Å². The number of carbonyl (C=O) groups excluding carboxylic acids is 1. The number of allylic oxidation sites excluding steroid dienone is 1. The number of nitrogens with one attached hydrogen (secondary N) is 3. The van der Waals surface area contributed by atoms with Crippen LogP contribution in [0.3, 0.4) is 0 Å². The molecule has 1 aromatic carbocycles. The van der Waals surface area contributed by atoms with E-state index < -0.39 is 5.60 Å². The van der Waals surface area contributed by atoms with Crippen molar-refractivity contribution < 1.29 is 23.7 Å². The Hall–Kier alpha value is -3.73. The first kappa shape index (κ1) is 30.8. The summed E-state index contributed by atoms with van der Waals surface area (Å²) in [7, 11) is 3.16. The molecule has 0 bridgehead atoms. The van der Waals surface area contributed by atoms with E-state index in [4.69, 9.17) is 36.0 Å². The zero-order valence-corrected chi connectivity index (χ0v) is 24.7. The van der Waals surface area contributed by atoms with Crippen LogP contribution in [0.15, 0.2) is 30.4 Å². The summed E-state index contributed by atoms with van der Waals surface area (Å²) in [6.45, 7) is 8.99. The van der Waals surface area contributed by atoms with Crippen LogP contribution in [0.2, 0.25) is 5.02 Å². The smallest absolute Gasteiger partial charge is 0.410 e. The SMILES string of the molecule is CCc1c(OC)cc(OC)c(Cl)c1COc1cnc(N/C(C=N)=C/NC2CCN(C(=O)OC(C)(C)C)CC2)nc1. The molecule has 0 saturated carbocycles. The number of nitrogens with zero attached hydrogens (tertiary/aromatic N) is 3. The molecule has 1 aliphatic heterocycles. The van der Waals surface area contributed by atoms with E-state index in [9.17, 15) is 4.79 Å². The Balaban J connectivity index is 1.55. The van der Waals surface area contributed by atoms with Gasteiger partial charge >= 0.3 is 6.09 Å². The maximum absolute atomic E-state index is 12.3. The van der Waals surface area contributed by atoms with Gasteiger partial charge in [0.25, 0.3) is 0 Å². The van der Waals surface area contributed by atoms with E-state index in [1.165, 1.54) is 6.21 Å². The molecule has 1 aliphatic rings. The van der Waals surface area contributed by atoms with Crippen molar-refractivity contribution in [2.45, 2.75) is 65.2 Å². The Bertz CT molecular complexity index is 1190. The Morgan fingerprint density at radius 1 is 1.15 bits per heavy atom. The number of carbonyl (C=O) groups is 1. The first-order chi connectivity index (χ1) is 19.1. The van der Waals surface area contributed by atoms with Crippen LogP contribution in [0.1, 0.15) is 51.7 Å². The van der Waals surface area contributed by atoms with Crippen LogP contribution in [0, 0.1) is 5.41 Å². The minimum atomic E-state index is -0.512. The average Bonchev–Trinajstić information content (AvgIpc) is 2.94. The van der Waals surface area contributed by atoms with Gasteiger partial charge in [-0.15, -0.1) is 0 Å². The van der Waals surface area contributed by atoms with Crippen molar-refractivity contribution >= 4 is 29.9 Å². The van der Waals surface area contributed by atoms with E-state index in [1.54, 1.807) is 43.8 Å². The fraction of sp³-hybridized carbons (Fsp3) is 0.500. The second kappa shape index (κ2) is 14.1. The largest absolute Gasteiger partial charge is 0.496 e. The van der Waals surface area contributed by atoms with Crippen molar-refractivity contribution in [1.29, 1.82) is 5.41 Å². The minimum Gasteiger partial charge on any atom is -0.496 e. The number of rotatable bonds is 11. The summed E-state index contributed by atoms with van der Waals surface area (Å²) < 4.78 is 22.3. The summed E-state index contributed by atoms with van der Waals surface area (Å²) in [5.41, 5.74) is 1.70. The molecule has 1 fully saturated rings. The Labute approximate surface area is 240 Å². The van der Waals surface area contributed by atoms with Gasteiger partial charge in [0.2, 0.25) is 5.95 Å². The molecule has 218 valence electrons. The highest BCUT2D eigenvalue weighted by Gasteiger charge is 2.26. The van der Waals surface area contributed by atoms with Gasteiger partial charge in [0.05, 0.1) is 37.3 Å². The summed E-state index contributed by atoms with van der Waals surface area (Å²) in [5.74, 6) is 1.98. The van der Waals surface area contributed by atoms with Crippen LogP contribution >= 0.6 is 11.6 Å². The number of amides is 1. The lowest BCUT2D eigenvalue weighted by Gasteiger charge is -2.33. The normalized spacial score (nSPS) is 14.4. The molecule has 2 aromatic rings. The Morgan fingerprint density at radius 2 is 1.80 bits per heavy atom. The molecule has 2 heterocycles. The standard InChI is InChI=1S/C28H39ClN6O5/c1-7-21-22(25(29)24(38-6)12-23(21)37-5)17-39-20-15-32-26(33-16-20)34-19(13-30)14-31-18-8-10-35(11-9-18)27(36)40-28(2,3)4/h12-16,18,30-31H,7-11,17H2,1-6H3,(H,32,33,34)/b19-14+,30-13?. The van der Waals surface area contributed by atoms with E-state index in [0.29, 0.717) is 53.4 Å². The number of anilines is 1. The summed E-state index contributed by atoms with van der Waals surface area (Å²) in [6.07, 6.45) is 7.96. The van der Waals surface area contributed by atoms with E-state index >= 15 is 0 Å². The highest BCUT2D eigenvalue weighted by Crippen LogP contribution is 2.38. The number of halogens is 1. The molecule has 3 rings (SSSR count). The first-order valence-corrected chi connectivity index (χ1v) is 13.5. The zero-order chi connectivity index (χ0) is 29.3. The maximum atomic E-state index is 12.3. The van der Waals surface area contributed by atoms with E-state index in [0.717, 1.165) is 24.0 Å². The van der Waals surface area contributed by atoms with Gasteiger partial charge in [0, 0.05) is 48.7 Å². The van der Waals surface area contributed by atoms with Crippen LogP contribution in [-0.4, -0.2) is 66.1 Å². The van der Waals surface area contributed by atoms with E-state index in [2.05, 4.69) is 20.6 Å².